The molecule has 1 aromatic carbocycles. The molecular formula is C9H11BClO5P. The first kappa shape index (κ1) is 13.1. The fraction of sp³-hybridized carbons (Fsp3) is 0.333. The first-order valence-electron chi connectivity index (χ1n) is 4.86. The molecule has 0 aliphatic carbocycles. The maximum atomic E-state index is 12.2. The second-order valence-corrected chi connectivity index (χ2v) is 6.23. The summed E-state index contributed by atoms with van der Waals surface area (Å²) in [4.78, 5) is 0. The first-order valence-corrected chi connectivity index (χ1v) is 6.85. The summed E-state index contributed by atoms with van der Waals surface area (Å²) in [5.41, 5.74) is 1.05. The molecule has 92 valence electrons. The lowest BCUT2D eigenvalue weighted by Gasteiger charge is -2.21. The normalized spacial score (nSPS) is 19.5. The van der Waals surface area contributed by atoms with Gasteiger partial charge in [0, 0.05) is 19.2 Å². The van der Waals surface area contributed by atoms with Crippen molar-refractivity contribution in [2.45, 2.75) is 5.85 Å². The molecule has 1 atom stereocenters. The zero-order valence-electron chi connectivity index (χ0n) is 9.29. The van der Waals surface area contributed by atoms with Crippen LogP contribution in [0.5, 0.6) is 0 Å². The van der Waals surface area contributed by atoms with Crippen LogP contribution in [-0.4, -0.2) is 26.4 Å². The number of hydrogen-bond acceptors (Lipinski definition) is 5. The van der Waals surface area contributed by atoms with Crippen molar-refractivity contribution in [3.8, 4) is 0 Å². The van der Waals surface area contributed by atoms with E-state index in [0.29, 0.717) is 16.0 Å². The van der Waals surface area contributed by atoms with Gasteiger partial charge in [0.2, 0.25) is 0 Å². The molecule has 0 bridgehead atoms. The van der Waals surface area contributed by atoms with E-state index in [2.05, 4.69) is 0 Å². The van der Waals surface area contributed by atoms with E-state index in [1.165, 1.54) is 14.2 Å². The summed E-state index contributed by atoms with van der Waals surface area (Å²) >= 11 is 5.82. The topological polar surface area (TPSA) is 65.0 Å². The Morgan fingerprint density at radius 3 is 2.71 bits per heavy atom. The van der Waals surface area contributed by atoms with Crippen LogP contribution in [0.3, 0.4) is 0 Å². The zero-order valence-corrected chi connectivity index (χ0v) is 10.9. The Morgan fingerprint density at radius 2 is 2.12 bits per heavy atom. The molecule has 1 heterocycles. The Morgan fingerprint density at radius 1 is 1.47 bits per heavy atom. The van der Waals surface area contributed by atoms with Gasteiger partial charge in [0.05, 0.1) is 0 Å². The van der Waals surface area contributed by atoms with Crippen LogP contribution >= 0.6 is 19.2 Å². The summed E-state index contributed by atoms with van der Waals surface area (Å²) in [6.07, 6.45) is 0. The summed E-state index contributed by atoms with van der Waals surface area (Å²) in [6, 6.07) is 4.84. The largest absolute Gasteiger partial charge is 0.492 e. The number of hydrogen-bond donors (Lipinski definition) is 1. The molecule has 1 aromatic rings. The van der Waals surface area contributed by atoms with Gasteiger partial charge in [-0.15, -0.1) is 0 Å². The van der Waals surface area contributed by atoms with Gasteiger partial charge in [-0.25, -0.2) is 0 Å². The van der Waals surface area contributed by atoms with Crippen LogP contribution in [0, 0.1) is 0 Å². The van der Waals surface area contributed by atoms with Gasteiger partial charge in [-0.2, -0.15) is 0 Å². The predicted octanol–water partition coefficient (Wildman–Crippen LogP) is 1.54. The van der Waals surface area contributed by atoms with Crippen molar-refractivity contribution in [1.82, 2.24) is 0 Å². The molecular weight excluding hydrogens is 265 g/mol. The Kier molecular flexibility index (Phi) is 3.64. The standard InChI is InChI=1S/C9H11BClO5P/c1-14-17(13,15-2)9-7-4-3-6(11)5-8(7)10(12)16-9/h3-5,9,12H,1-2H3. The number of rotatable bonds is 3. The average Bonchev–Trinajstić information content (AvgIpc) is 2.66. The van der Waals surface area contributed by atoms with E-state index in [0.717, 1.165) is 0 Å². The smallest absolute Gasteiger partial charge is 0.423 e. The first-order chi connectivity index (χ1) is 8.01. The average molecular weight is 276 g/mol. The summed E-state index contributed by atoms with van der Waals surface area (Å²) in [5, 5.41) is 10.2. The van der Waals surface area contributed by atoms with Gasteiger partial charge < -0.3 is 18.7 Å². The minimum atomic E-state index is -3.44. The molecule has 1 unspecified atom stereocenters. The SMILES string of the molecule is COP(=O)(OC)C1OB(O)c2cc(Cl)ccc21. The lowest BCUT2D eigenvalue weighted by atomic mass is 9.80. The van der Waals surface area contributed by atoms with Crippen molar-refractivity contribution in [3.63, 3.8) is 0 Å². The summed E-state index contributed by atoms with van der Waals surface area (Å²) in [6.45, 7) is 0. The number of halogens is 1. The Bertz CT molecular complexity index is 474. The minimum Gasteiger partial charge on any atom is -0.423 e. The third-order valence-corrected chi connectivity index (χ3v) is 4.86. The molecule has 0 radical (unpaired) electrons. The van der Waals surface area contributed by atoms with Crippen LogP contribution in [0.15, 0.2) is 18.2 Å². The minimum absolute atomic E-state index is 0.469. The van der Waals surface area contributed by atoms with E-state index >= 15 is 0 Å². The number of fused-ring (bicyclic) bond motifs is 1. The maximum absolute atomic E-state index is 12.2. The van der Waals surface area contributed by atoms with Crippen LogP contribution in [0.1, 0.15) is 11.4 Å². The second-order valence-electron chi connectivity index (χ2n) is 3.52. The van der Waals surface area contributed by atoms with Crippen LogP contribution in [-0.2, 0) is 18.3 Å². The van der Waals surface area contributed by atoms with Gasteiger partial charge in [-0.1, -0.05) is 17.7 Å². The molecule has 0 amide bonds. The van der Waals surface area contributed by atoms with Crippen molar-refractivity contribution in [3.05, 3.63) is 28.8 Å². The monoisotopic (exact) mass is 276 g/mol. The highest BCUT2D eigenvalue weighted by Crippen LogP contribution is 2.61. The molecule has 0 aromatic heterocycles. The molecule has 1 aliphatic rings. The van der Waals surface area contributed by atoms with Gasteiger partial charge in [-0.05, 0) is 23.2 Å². The summed E-state index contributed by atoms with van der Waals surface area (Å²) in [7, 11) is -2.07. The maximum Gasteiger partial charge on any atom is 0.492 e. The van der Waals surface area contributed by atoms with Crippen LogP contribution in [0.25, 0.3) is 0 Å². The molecule has 5 nitrogen and oxygen atoms in total. The summed E-state index contributed by atoms with van der Waals surface area (Å²) < 4.78 is 27.2. The molecule has 17 heavy (non-hydrogen) atoms. The number of benzene rings is 1. The molecule has 1 aliphatic heterocycles. The van der Waals surface area contributed by atoms with E-state index < -0.39 is 20.6 Å². The molecule has 8 heteroatoms. The predicted molar refractivity (Wildman–Crippen MR) is 64.5 cm³/mol. The quantitative estimate of drug-likeness (QED) is 0.670. The highest BCUT2D eigenvalue weighted by atomic mass is 35.5. The molecule has 0 saturated heterocycles. The lowest BCUT2D eigenvalue weighted by Crippen LogP contribution is -2.27. The van der Waals surface area contributed by atoms with E-state index in [1.807, 2.05) is 0 Å². The van der Waals surface area contributed by atoms with Crippen molar-refractivity contribution in [1.29, 1.82) is 0 Å². The fourth-order valence-corrected chi connectivity index (χ4v) is 3.32. The van der Waals surface area contributed by atoms with Gasteiger partial charge in [-0.3, -0.25) is 4.57 Å². The van der Waals surface area contributed by atoms with Crippen molar-refractivity contribution in [2.75, 3.05) is 14.2 Å². The highest BCUT2D eigenvalue weighted by Gasteiger charge is 2.46. The molecule has 1 N–H and O–H groups in total. The van der Waals surface area contributed by atoms with E-state index in [9.17, 15) is 9.59 Å². The third-order valence-electron chi connectivity index (χ3n) is 2.63. The molecule has 0 saturated carbocycles. The second kappa shape index (κ2) is 4.73. The Balaban J connectivity index is 2.47. The van der Waals surface area contributed by atoms with Crippen molar-refractivity contribution < 1.29 is 23.3 Å². The third kappa shape index (κ3) is 2.17. The van der Waals surface area contributed by atoms with Gasteiger partial charge >= 0.3 is 14.7 Å². The van der Waals surface area contributed by atoms with Gasteiger partial charge in [0.25, 0.3) is 0 Å². The Labute approximate surface area is 104 Å². The van der Waals surface area contributed by atoms with E-state index in [4.69, 9.17) is 25.3 Å². The van der Waals surface area contributed by atoms with Gasteiger partial charge in [0.15, 0.2) is 5.85 Å². The van der Waals surface area contributed by atoms with Crippen molar-refractivity contribution in [2.24, 2.45) is 0 Å². The Hall–Kier alpha value is -0.355. The summed E-state index contributed by atoms with van der Waals surface area (Å²) in [5.74, 6) is -0.931. The van der Waals surface area contributed by atoms with E-state index in [-0.39, 0.29) is 0 Å². The van der Waals surface area contributed by atoms with E-state index in [1.54, 1.807) is 18.2 Å². The highest BCUT2D eigenvalue weighted by molar-refractivity contribution is 7.54. The lowest BCUT2D eigenvalue weighted by molar-refractivity contribution is 0.183. The zero-order chi connectivity index (χ0) is 12.6. The van der Waals surface area contributed by atoms with Crippen LogP contribution in [0.4, 0.5) is 0 Å². The molecule has 0 spiro atoms. The fourth-order valence-electron chi connectivity index (χ4n) is 1.76. The van der Waals surface area contributed by atoms with Crippen LogP contribution < -0.4 is 5.46 Å². The molecule has 2 rings (SSSR count). The molecule has 0 fully saturated rings. The van der Waals surface area contributed by atoms with Crippen molar-refractivity contribution >= 4 is 31.8 Å². The van der Waals surface area contributed by atoms with Gasteiger partial charge in [0.1, 0.15) is 0 Å². The van der Waals surface area contributed by atoms with Crippen LogP contribution in [0.2, 0.25) is 5.02 Å².